The van der Waals surface area contributed by atoms with Gasteiger partial charge in [0.1, 0.15) is 5.69 Å². The third-order valence-corrected chi connectivity index (χ3v) is 6.72. The molecule has 1 heterocycles. The number of hydrogen-bond donors (Lipinski definition) is 1. The third-order valence-electron chi connectivity index (χ3n) is 6.72. The Morgan fingerprint density at radius 1 is 0.943 bits per heavy atom. The molecule has 5 nitrogen and oxygen atoms in total. The predicted octanol–water partition coefficient (Wildman–Crippen LogP) is 6.29. The number of carbonyl (C=O) groups excluding carboxylic acids is 3. The number of fused-ring (bicyclic) bond motifs is 3. The van der Waals surface area contributed by atoms with E-state index in [-0.39, 0.29) is 17.5 Å². The fourth-order valence-electron chi connectivity index (χ4n) is 4.88. The number of ketones is 2. The molecule has 0 radical (unpaired) electrons. The minimum atomic E-state index is -0.276. The van der Waals surface area contributed by atoms with Gasteiger partial charge in [0.25, 0.3) is 5.91 Å². The van der Waals surface area contributed by atoms with Crippen molar-refractivity contribution < 1.29 is 14.4 Å². The Balaban J connectivity index is 1.54. The van der Waals surface area contributed by atoms with Gasteiger partial charge in [0.2, 0.25) is 0 Å². The molecule has 0 bridgehead atoms. The summed E-state index contributed by atoms with van der Waals surface area (Å²) in [6, 6.07) is 18.0. The fourth-order valence-corrected chi connectivity index (χ4v) is 4.88. The summed E-state index contributed by atoms with van der Waals surface area (Å²) in [5.41, 5.74) is 5.53. The predicted molar refractivity (Wildman–Crippen MR) is 139 cm³/mol. The van der Waals surface area contributed by atoms with Crippen LogP contribution < -0.4 is 5.32 Å². The largest absolute Gasteiger partial charge is 0.332 e. The molecule has 1 aliphatic rings. The zero-order chi connectivity index (χ0) is 24.9. The van der Waals surface area contributed by atoms with E-state index in [0.29, 0.717) is 46.1 Å². The Bertz CT molecular complexity index is 1560. The van der Waals surface area contributed by atoms with Gasteiger partial charge in [-0.05, 0) is 54.3 Å². The highest BCUT2D eigenvalue weighted by Crippen LogP contribution is 2.32. The molecule has 0 aliphatic heterocycles. The first kappa shape index (κ1) is 22.5. The van der Waals surface area contributed by atoms with Crippen molar-refractivity contribution in [1.29, 1.82) is 0 Å². The van der Waals surface area contributed by atoms with Crippen LogP contribution in [0.15, 0.2) is 73.3 Å². The first-order valence-corrected chi connectivity index (χ1v) is 11.7. The van der Waals surface area contributed by atoms with E-state index < -0.39 is 0 Å². The van der Waals surface area contributed by atoms with Gasteiger partial charge >= 0.3 is 0 Å². The number of hydrogen-bond acceptors (Lipinski definition) is 3. The molecular formula is C30H26N2O3. The summed E-state index contributed by atoms with van der Waals surface area (Å²) in [6.45, 7) is 10.6. The Kier molecular flexibility index (Phi) is 5.48. The number of rotatable bonds is 5. The van der Waals surface area contributed by atoms with Crippen molar-refractivity contribution in [3.05, 3.63) is 112 Å². The second-order valence-electron chi connectivity index (χ2n) is 9.22. The maximum atomic E-state index is 13.5. The van der Waals surface area contributed by atoms with Crippen LogP contribution in [0.4, 0.5) is 5.69 Å². The van der Waals surface area contributed by atoms with Crippen molar-refractivity contribution in [2.45, 2.75) is 33.2 Å². The minimum absolute atomic E-state index is 0.184. The van der Waals surface area contributed by atoms with E-state index in [4.69, 9.17) is 0 Å². The first-order chi connectivity index (χ1) is 16.8. The number of allylic oxidation sites excluding steroid dienone is 1. The molecule has 0 saturated carbocycles. The molecule has 3 aromatic carbocycles. The average Bonchev–Trinajstić information content (AvgIpc) is 3.13. The van der Waals surface area contributed by atoms with E-state index in [1.165, 1.54) is 5.56 Å². The normalized spacial score (nSPS) is 12.6. The second kappa shape index (κ2) is 8.51. The Morgan fingerprint density at radius 2 is 1.60 bits per heavy atom. The summed E-state index contributed by atoms with van der Waals surface area (Å²) in [4.78, 5) is 39.5. The molecule has 174 valence electrons. The highest BCUT2D eigenvalue weighted by molar-refractivity contribution is 6.28. The van der Waals surface area contributed by atoms with Crippen molar-refractivity contribution in [1.82, 2.24) is 4.57 Å². The van der Waals surface area contributed by atoms with Crippen LogP contribution in [-0.2, 0) is 6.54 Å². The van der Waals surface area contributed by atoms with Crippen LogP contribution in [0.25, 0.3) is 10.9 Å². The Hall–Kier alpha value is -4.25. The highest BCUT2D eigenvalue weighted by Gasteiger charge is 2.30. The van der Waals surface area contributed by atoms with Gasteiger partial charge in [0, 0.05) is 45.4 Å². The first-order valence-electron chi connectivity index (χ1n) is 11.7. The molecule has 0 unspecified atom stereocenters. The fraction of sp³-hybridized carbons (Fsp3) is 0.167. The third kappa shape index (κ3) is 3.60. The van der Waals surface area contributed by atoms with Crippen molar-refractivity contribution in [3.8, 4) is 0 Å². The molecule has 1 aliphatic carbocycles. The molecule has 5 heteroatoms. The Morgan fingerprint density at radius 3 is 2.26 bits per heavy atom. The lowest BCUT2D eigenvalue weighted by molar-refractivity contribution is 0.0979. The van der Waals surface area contributed by atoms with Gasteiger partial charge in [0.15, 0.2) is 11.6 Å². The van der Waals surface area contributed by atoms with Gasteiger partial charge in [-0.1, -0.05) is 50.3 Å². The van der Waals surface area contributed by atoms with Crippen molar-refractivity contribution in [2.24, 2.45) is 0 Å². The molecule has 5 rings (SSSR count). The van der Waals surface area contributed by atoms with Gasteiger partial charge in [0.05, 0.1) is 0 Å². The molecule has 0 saturated heterocycles. The monoisotopic (exact) mass is 462 g/mol. The van der Waals surface area contributed by atoms with Crippen LogP contribution in [0.1, 0.15) is 73.2 Å². The number of aromatic nitrogens is 1. The molecule has 1 aromatic heterocycles. The SMILES string of the molecule is C=CCn1c(C(=O)Nc2ccc3c(c2)C(=O)c2ccccc2C3=O)c(C)c2cc(C(C)C)ccc21. The van der Waals surface area contributed by atoms with Crippen LogP contribution in [0.2, 0.25) is 0 Å². The maximum Gasteiger partial charge on any atom is 0.272 e. The number of aryl methyl sites for hydroxylation is 1. The number of carbonyl (C=O) groups is 3. The van der Waals surface area contributed by atoms with E-state index >= 15 is 0 Å². The van der Waals surface area contributed by atoms with Crippen LogP contribution in [0.3, 0.4) is 0 Å². The van der Waals surface area contributed by atoms with E-state index in [0.717, 1.165) is 16.5 Å². The lowest BCUT2D eigenvalue weighted by Crippen LogP contribution is -2.22. The number of amides is 1. The highest BCUT2D eigenvalue weighted by atomic mass is 16.2. The average molecular weight is 463 g/mol. The second-order valence-corrected chi connectivity index (χ2v) is 9.22. The van der Waals surface area contributed by atoms with Gasteiger partial charge < -0.3 is 9.88 Å². The van der Waals surface area contributed by atoms with E-state index in [9.17, 15) is 14.4 Å². The van der Waals surface area contributed by atoms with E-state index in [2.05, 4.69) is 43.9 Å². The summed E-state index contributed by atoms with van der Waals surface area (Å²) < 4.78 is 1.96. The van der Waals surface area contributed by atoms with E-state index in [1.54, 1.807) is 48.5 Å². The minimum Gasteiger partial charge on any atom is -0.332 e. The molecule has 0 fully saturated rings. The topological polar surface area (TPSA) is 68.2 Å². The van der Waals surface area contributed by atoms with Crippen LogP contribution in [0, 0.1) is 6.92 Å². The number of nitrogens with zero attached hydrogens (tertiary/aromatic N) is 1. The molecule has 0 spiro atoms. The summed E-state index contributed by atoms with van der Waals surface area (Å²) in [5, 5.41) is 3.98. The van der Waals surface area contributed by atoms with E-state index in [1.807, 2.05) is 11.5 Å². The summed E-state index contributed by atoms with van der Waals surface area (Å²) >= 11 is 0. The summed E-state index contributed by atoms with van der Waals surface area (Å²) in [6.07, 6.45) is 1.77. The maximum absolute atomic E-state index is 13.5. The van der Waals surface area contributed by atoms with Gasteiger partial charge in [-0.25, -0.2) is 0 Å². The van der Waals surface area contributed by atoms with Gasteiger partial charge in [-0.2, -0.15) is 0 Å². The number of nitrogens with one attached hydrogen (secondary N) is 1. The van der Waals surface area contributed by atoms with Crippen molar-refractivity contribution in [2.75, 3.05) is 5.32 Å². The lowest BCUT2D eigenvalue weighted by Gasteiger charge is -2.18. The molecule has 4 aromatic rings. The van der Waals surface area contributed by atoms with Crippen molar-refractivity contribution >= 4 is 34.1 Å². The standard InChI is InChI=1S/C30H26N2O3/c1-5-14-32-26-13-10-19(17(2)3)15-24(26)18(4)27(32)30(35)31-20-11-12-23-25(16-20)29(34)22-9-7-6-8-21(22)28(23)33/h5-13,15-17H,1,14H2,2-4H3,(H,31,35). The summed E-state index contributed by atoms with van der Waals surface area (Å²) in [7, 11) is 0. The van der Waals surface area contributed by atoms with Gasteiger partial charge in [-0.3, -0.25) is 14.4 Å². The zero-order valence-electron chi connectivity index (χ0n) is 20.0. The molecular weight excluding hydrogens is 436 g/mol. The Labute approximate surface area is 204 Å². The number of anilines is 1. The molecule has 0 atom stereocenters. The molecule has 1 N–H and O–H groups in total. The molecule has 35 heavy (non-hydrogen) atoms. The lowest BCUT2D eigenvalue weighted by atomic mass is 9.84. The van der Waals surface area contributed by atoms with Crippen LogP contribution >= 0.6 is 0 Å². The quantitative estimate of drug-likeness (QED) is 0.312. The number of benzene rings is 3. The zero-order valence-corrected chi connectivity index (χ0v) is 20.0. The van der Waals surface area contributed by atoms with Crippen LogP contribution in [-0.4, -0.2) is 22.0 Å². The summed E-state index contributed by atoms with van der Waals surface area (Å²) in [5.74, 6) is -0.304. The van der Waals surface area contributed by atoms with Gasteiger partial charge in [-0.15, -0.1) is 6.58 Å². The smallest absolute Gasteiger partial charge is 0.272 e. The van der Waals surface area contributed by atoms with Crippen LogP contribution in [0.5, 0.6) is 0 Å². The molecule has 1 amide bonds. The van der Waals surface area contributed by atoms with Crippen molar-refractivity contribution in [3.63, 3.8) is 0 Å².